The van der Waals surface area contributed by atoms with Crippen LogP contribution >= 0.6 is 11.3 Å². The van der Waals surface area contributed by atoms with Crippen LogP contribution < -0.4 is 5.32 Å². The van der Waals surface area contributed by atoms with Gasteiger partial charge in [0, 0.05) is 10.9 Å². The minimum atomic E-state index is -0.897. The number of rotatable bonds is 5. The number of aryl methyl sites for hydroxylation is 2. The molecule has 7 heteroatoms. The van der Waals surface area contributed by atoms with E-state index >= 15 is 0 Å². The van der Waals surface area contributed by atoms with Crippen LogP contribution in [0.5, 0.6) is 0 Å². The molecule has 23 heavy (non-hydrogen) atoms. The minimum absolute atomic E-state index is 0.173. The van der Waals surface area contributed by atoms with Gasteiger partial charge in [0.2, 0.25) is 0 Å². The van der Waals surface area contributed by atoms with Gasteiger partial charge in [-0.15, -0.1) is 11.3 Å². The standard InChI is InChI=1S/C16H15F2NO3S/c1-3-13-9(2)6-14(23-13)16(21)22-8-15(20)19-12-5-4-10(17)7-11(12)18/h4-7H,3,8H2,1-2H3,(H,19,20). The zero-order valence-corrected chi connectivity index (χ0v) is 13.4. The van der Waals surface area contributed by atoms with Gasteiger partial charge in [-0.3, -0.25) is 4.79 Å². The van der Waals surface area contributed by atoms with Crippen LogP contribution in [0.25, 0.3) is 0 Å². The van der Waals surface area contributed by atoms with E-state index in [1.807, 2.05) is 13.8 Å². The summed E-state index contributed by atoms with van der Waals surface area (Å²) < 4.78 is 31.1. The molecule has 0 atom stereocenters. The predicted octanol–water partition coefficient (Wildman–Crippen LogP) is 3.69. The van der Waals surface area contributed by atoms with Crippen molar-refractivity contribution in [2.75, 3.05) is 11.9 Å². The number of hydrogen-bond donors (Lipinski definition) is 1. The molecule has 4 nitrogen and oxygen atoms in total. The van der Waals surface area contributed by atoms with Gasteiger partial charge in [-0.25, -0.2) is 13.6 Å². The molecule has 122 valence electrons. The van der Waals surface area contributed by atoms with Gasteiger partial charge in [0.05, 0.1) is 5.69 Å². The molecule has 0 fully saturated rings. The molecule has 0 radical (unpaired) electrons. The first-order valence-electron chi connectivity index (χ1n) is 6.92. The second-order valence-corrected chi connectivity index (χ2v) is 5.96. The largest absolute Gasteiger partial charge is 0.451 e. The molecule has 0 saturated carbocycles. The first-order valence-corrected chi connectivity index (χ1v) is 7.73. The van der Waals surface area contributed by atoms with E-state index < -0.39 is 30.1 Å². The Morgan fingerprint density at radius 3 is 2.61 bits per heavy atom. The molecular weight excluding hydrogens is 324 g/mol. The van der Waals surface area contributed by atoms with E-state index in [1.54, 1.807) is 6.07 Å². The molecule has 1 N–H and O–H groups in total. The summed E-state index contributed by atoms with van der Waals surface area (Å²) in [7, 11) is 0. The van der Waals surface area contributed by atoms with E-state index in [2.05, 4.69) is 5.32 Å². The highest BCUT2D eigenvalue weighted by Gasteiger charge is 2.15. The first kappa shape index (κ1) is 17.1. The quantitative estimate of drug-likeness (QED) is 0.845. The minimum Gasteiger partial charge on any atom is -0.451 e. The summed E-state index contributed by atoms with van der Waals surface area (Å²) in [4.78, 5) is 25.0. The fraction of sp³-hybridized carbons (Fsp3) is 0.250. The van der Waals surface area contributed by atoms with Crippen molar-refractivity contribution in [3.8, 4) is 0 Å². The molecule has 0 aliphatic rings. The number of hydrogen-bond acceptors (Lipinski definition) is 4. The number of esters is 1. The van der Waals surface area contributed by atoms with E-state index in [0.717, 1.165) is 29.0 Å². The fourth-order valence-corrected chi connectivity index (χ4v) is 2.96. The summed E-state index contributed by atoms with van der Waals surface area (Å²) in [5.41, 5.74) is 0.829. The second-order valence-electron chi connectivity index (χ2n) is 4.82. The molecular formula is C16H15F2NO3S. The molecule has 0 bridgehead atoms. The van der Waals surface area contributed by atoms with Gasteiger partial charge in [-0.05, 0) is 37.1 Å². The van der Waals surface area contributed by atoms with Crippen molar-refractivity contribution in [3.63, 3.8) is 0 Å². The molecule has 1 amide bonds. The average molecular weight is 339 g/mol. The lowest BCUT2D eigenvalue weighted by Gasteiger charge is -2.07. The van der Waals surface area contributed by atoms with E-state index in [0.29, 0.717) is 10.9 Å². The Labute approximate surface area is 136 Å². The summed E-state index contributed by atoms with van der Waals surface area (Å²) in [6, 6.07) is 4.48. The van der Waals surface area contributed by atoms with Crippen molar-refractivity contribution in [2.45, 2.75) is 20.3 Å². The third-order valence-corrected chi connectivity index (χ3v) is 4.44. The Balaban J connectivity index is 1.91. The number of carbonyl (C=O) groups excluding carboxylic acids is 2. The van der Waals surface area contributed by atoms with E-state index in [9.17, 15) is 18.4 Å². The molecule has 1 aromatic carbocycles. The van der Waals surface area contributed by atoms with Crippen molar-refractivity contribution in [1.29, 1.82) is 0 Å². The molecule has 2 rings (SSSR count). The smallest absolute Gasteiger partial charge is 0.348 e. The highest BCUT2D eigenvalue weighted by Crippen LogP contribution is 2.23. The molecule has 0 aliphatic carbocycles. The maximum Gasteiger partial charge on any atom is 0.348 e. The zero-order chi connectivity index (χ0) is 17.0. The van der Waals surface area contributed by atoms with E-state index in [4.69, 9.17) is 4.74 Å². The third-order valence-electron chi connectivity index (χ3n) is 3.08. The van der Waals surface area contributed by atoms with Gasteiger partial charge < -0.3 is 10.1 Å². The Kier molecular flexibility index (Phi) is 5.44. The first-order chi connectivity index (χ1) is 10.9. The Morgan fingerprint density at radius 2 is 2.00 bits per heavy atom. The van der Waals surface area contributed by atoms with E-state index in [-0.39, 0.29) is 5.69 Å². The van der Waals surface area contributed by atoms with Crippen molar-refractivity contribution in [3.05, 3.63) is 51.2 Å². The number of benzene rings is 1. The van der Waals surface area contributed by atoms with Crippen LogP contribution in [-0.2, 0) is 16.0 Å². The Hall–Kier alpha value is -2.28. The lowest BCUT2D eigenvalue weighted by molar-refractivity contribution is -0.119. The zero-order valence-electron chi connectivity index (χ0n) is 12.6. The van der Waals surface area contributed by atoms with Gasteiger partial charge in [-0.2, -0.15) is 0 Å². The van der Waals surface area contributed by atoms with Crippen LogP contribution in [0.2, 0.25) is 0 Å². The summed E-state index contributed by atoms with van der Waals surface area (Å²) in [6.45, 7) is 3.34. The van der Waals surface area contributed by atoms with Gasteiger partial charge >= 0.3 is 5.97 Å². The number of amides is 1. The lowest BCUT2D eigenvalue weighted by atomic mass is 10.2. The number of anilines is 1. The maximum absolute atomic E-state index is 13.4. The van der Waals surface area contributed by atoms with Gasteiger partial charge in [-0.1, -0.05) is 6.92 Å². The van der Waals surface area contributed by atoms with Crippen LogP contribution in [0.15, 0.2) is 24.3 Å². The molecule has 0 spiro atoms. The Bertz CT molecular complexity index is 743. The molecule has 0 saturated heterocycles. The van der Waals surface area contributed by atoms with Crippen LogP contribution in [0.3, 0.4) is 0 Å². The predicted molar refractivity (Wildman–Crippen MR) is 83.7 cm³/mol. The monoisotopic (exact) mass is 339 g/mol. The number of ether oxygens (including phenoxy) is 1. The van der Waals surface area contributed by atoms with Crippen molar-refractivity contribution in [1.82, 2.24) is 0 Å². The van der Waals surface area contributed by atoms with Gasteiger partial charge in [0.15, 0.2) is 6.61 Å². The average Bonchev–Trinajstić information content (AvgIpc) is 2.89. The van der Waals surface area contributed by atoms with Gasteiger partial charge in [0.25, 0.3) is 5.91 Å². The lowest BCUT2D eigenvalue weighted by Crippen LogP contribution is -2.21. The van der Waals surface area contributed by atoms with Crippen LogP contribution in [0, 0.1) is 18.6 Å². The molecule has 2 aromatic rings. The SMILES string of the molecule is CCc1sc(C(=O)OCC(=O)Nc2ccc(F)cc2F)cc1C. The summed E-state index contributed by atoms with van der Waals surface area (Å²) in [6.07, 6.45) is 0.814. The van der Waals surface area contributed by atoms with E-state index in [1.165, 1.54) is 11.3 Å². The molecule has 0 aliphatic heterocycles. The number of thiophene rings is 1. The van der Waals surface area contributed by atoms with Crippen molar-refractivity contribution >= 4 is 28.9 Å². The maximum atomic E-state index is 13.4. The van der Waals surface area contributed by atoms with Crippen LogP contribution in [-0.4, -0.2) is 18.5 Å². The van der Waals surface area contributed by atoms with Crippen molar-refractivity contribution in [2.24, 2.45) is 0 Å². The van der Waals surface area contributed by atoms with Crippen LogP contribution in [0.1, 0.15) is 27.0 Å². The Morgan fingerprint density at radius 1 is 1.26 bits per heavy atom. The summed E-state index contributed by atoms with van der Waals surface area (Å²) in [5.74, 6) is -2.95. The summed E-state index contributed by atoms with van der Waals surface area (Å²) >= 11 is 1.32. The molecule has 1 aromatic heterocycles. The second kappa shape index (κ2) is 7.32. The van der Waals surface area contributed by atoms with Crippen LogP contribution in [0.4, 0.5) is 14.5 Å². The topological polar surface area (TPSA) is 55.4 Å². The molecule has 0 unspecified atom stereocenters. The fourth-order valence-electron chi connectivity index (χ4n) is 1.95. The normalized spacial score (nSPS) is 10.4. The number of carbonyl (C=O) groups is 2. The highest BCUT2D eigenvalue weighted by atomic mass is 32.1. The van der Waals surface area contributed by atoms with Gasteiger partial charge in [0.1, 0.15) is 16.5 Å². The number of halogens is 2. The third kappa shape index (κ3) is 4.35. The summed E-state index contributed by atoms with van der Waals surface area (Å²) in [5, 5.41) is 2.22. The number of nitrogens with one attached hydrogen (secondary N) is 1. The van der Waals surface area contributed by atoms with Crippen molar-refractivity contribution < 1.29 is 23.1 Å². The highest BCUT2D eigenvalue weighted by molar-refractivity contribution is 7.14. The molecule has 1 heterocycles.